The van der Waals surface area contributed by atoms with Crippen LogP contribution in [0.2, 0.25) is 0 Å². The van der Waals surface area contributed by atoms with Crippen LogP contribution in [0.4, 0.5) is 4.39 Å². The quantitative estimate of drug-likeness (QED) is 0.793. The number of carbonyl (C=O) groups is 2. The van der Waals surface area contributed by atoms with Crippen LogP contribution in [0.1, 0.15) is 17.3 Å². The van der Waals surface area contributed by atoms with Gasteiger partial charge < -0.3 is 15.2 Å². The van der Waals surface area contributed by atoms with E-state index in [0.717, 1.165) is 6.07 Å². The molecule has 1 rings (SSSR count). The molecule has 0 aromatic heterocycles. The van der Waals surface area contributed by atoms with Gasteiger partial charge in [-0.3, -0.25) is 4.79 Å². The summed E-state index contributed by atoms with van der Waals surface area (Å²) in [7, 11) is 1.31. The molecule has 0 saturated carbocycles. The van der Waals surface area contributed by atoms with Gasteiger partial charge in [-0.1, -0.05) is 0 Å². The predicted molar refractivity (Wildman–Crippen MR) is 57.0 cm³/mol. The van der Waals surface area contributed by atoms with Crippen LogP contribution in [-0.4, -0.2) is 25.1 Å². The molecular weight excluding hydrogens is 229 g/mol. The van der Waals surface area contributed by atoms with E-state index in [-0.39, 0.29) is 11.3 Å². The number of ether oxygens (including phenoxy) is 2. The zero-order chi connectivity index (χ0) is 13.0. The monoisotopic (exact) mass is 241 g/mol. The van der Waals surface area contributed by atoms with Gasteiger partial charge >= 0.3 is 5.97 Å². The average molecular weight is 241 g/mol. The fraction of sp³-hybridized carbons (Fsp3) is 0.273. The highest BCUT2D eigenvalue weighted by Gasteiger charge is 2.17. The lowest BCUT2D eigenvalue weighted by Crippen LogP contribution is -2.30. The number of halogens is 1. The lowest BCUT2D eigenvalue weighted by Gasteiger charge is -2.10. The fourth-order valence-corrected chi connectivity index (χ4v) is 1.08. The van der Waals surface area contributed by atoms with Gasteiger partial charge in [0.2, 0.25) is 0 Å². The Morgan fingerprint density at radius 3 is 2.53 bits per heavy atom. The molecule has 0 fully saturated rings. The number of primary amides is 1. The van der Waals surface area contributed by atoms with Crippen molar-refractivity contribution in [1.29, 1.82) is 0 Å². The van der Waals surface area contributed by atoms with E-state index in [1.165, 1.54) is 26.2 Å². The maximum Gasteiger partial charge on any atom is 0.339 e. The minimum atomic E-state index is -1.06. The summed E-state index contributed by atoms with van der Waals surface area (Å²) in [5, 5.41) is 0. The highest BCUT2D eigenvalue weighted by molar-refractivity contribution is 5.92. The summed E-state index contributed by atoms with van der Waals surface area (Å²) in [6, 6.07) is 3.59. The van der Waals surface area contributed by atoms with Gasteiger partial charge in [-0.25, -0.2) is 9.18 Å². The second-order valence-corrected chi connectivity index (χ2v) is 3.30. The molecule has 6 heteroatoms. The second kappa shape index (κ2) is 5.29. The molecule has 5 nitrogen and oxygen atoms in total. The van der Waals surface area contributed by atoms with Crippen molar-refractivity contribution in [2.75, 3.05) is 7.11 Å². The van der Waals surface area contributed by atoms with E-state index in [0.29, 0.717) is 0 Å². The first-order valence-corrected chi connectivity index (χ1v) is 4.79. The van der Waals surface area contributed by atoms with Gasteiger partial charge in [0, 0.05) is 0 Å². The van der Waals surface area contributed by atoms with E-state index in [4.69, 9.17) is 15.2 Å². The van der Waals surface area contributed by atoms with Gasteiger partial charge in [0.05, 0.1) is 12.7 Å². The highest BCUT2D eigenvalue weighted by Crippen LogP contribution is 2.18. The first-order chi connectivity index (χ1) is 7.95. The third-order valence-electron chi connectivity index (χ3n) is 2.07. The summed E-state index contributed by atoms with van der Waals surface area (Å²) in [6.07, 6.45) is -1.06. The summed E-state index contributed by atoms with van der Waals surface area (Å²) < 4.78 is 22.7. The number of carbonyl (C=O) groups excluding carboxylic acids is 2. The van der Waals surface area contributed by atoms with E-state index in [1.54, 1.807) is 0 Å². The molecule has 0 aliphatic heterocycles. The van der Waals surface area contributed by atoms with Gasteiger partial charge in [0.25, 0.3) is 5.91 Å². The minimum absolute atomic E-state index is 0.0172. The predicted octanol–water partition coefficient (Wildman–Crippen LogP) is 0.865. The van der Waals surface area contributed by atoms with Crippen LogP contribution in [0.15, 0.2) is 18.2 Å². The molecule has 0 aliphatic rings. The van der Waals surface area contributed by atoms with E-state index < -0.39 is 23.8 Å². The first-order valence-electron chi connectivity index (χ1n) is 4.79. The summed E-state index contributed by atoms with van der Waals surface area (Å²) in [5.74, 6) is -2.26. The lowest BCUT2D eigenvalue weighted by molar-refractivity contribution is -0.125. The zero-order valence-corrected chi connectivity index (χ0v) is 9.40. The lowest BCUT2D eigenvalue weighted by atomic mass is 10.2. The molecule has 1 aromatic carbocycles. The molecule has 1 aromatic rings. The van der Waals surface area contributed by atoms with Crippen LogP contribution in [0.25, 0.3) is 0 Å². The van der Waals surface area contributed by atoms with Crippen molar-refractivity contribution in [3.63, 3.8) is 0 Å². The number of nitrogens with two attached hydrogens (primary N) is 1. The molecule has 0 unspecified atom stereocenters. The number of amides is 1. The molecule has 0 bridgehead atoms. The van der Waals surface area contributed by atoms with Gasteiger partial charge in [-0.15, -0.1) is 0 Å². The summed E-state index contributed by atoms with van der Waals surface area (Å²) in [5.41, 5.74) is 4.91. The Morgan fingerprint density at radius 1 is 1.41 bits per heavy atom. The fourth-order valence-electron chi connectivity index (χ4n) is 1.08. The highest BCUT2D eigenvalue weighted by atomic mass is 19.1. The van der Waals surface area contributed by atoms with Gasteiger partial charge in [-0.2, -0.15) is 0 Å². The molecular formula is C11H12FNO4. The first kappa shape index (κ1) is 13.0. The van der Waals surface area contributed by atoms with Crippen molar-refractivity contribution >= 4 is 11.9 Å². The molecule has 1 amide bonds. The maximum atomic E-state index is 13.3. The normalized spacial score (nSPS) is 11.7. The summed E-state index contributed by atoms with van der Waals surface area (Å²) in [6.45, 7) is 1.33. The van der Waals surface area contributed by atoms with Crippen LogP contribution < -0.4 is 10.5 Å². The van der Waals surface area contributed by atoms with E-state index in [2.05, 4.69) is 0 Å². The van der Waals surface area contributed by atoms with Crippen LogP contribution in [0.5, 0.6) is 5.75 Å². The van der Waals surface area contributed by atoms with Crippen molar-refractivity contribution in [3.8, 4) is 5.75 Å². The van der Waals surface area contributed by atoms with E-state index in [9.17, 15) is 14.0 Å². The second-order valence-electron chi connectivity index (χ2n) is 3.30. The third-order valence-corrected chi connectivity index (χ3v) is 2.07. The molecule has 0 heterocycles. The Hall–Kier alpha value is -2.11. The molecule has 92 valence electrons. The molecule has 17 heavy (non-hydrogen) atoms. The van der Waals surface area contributed by atoms with Gasteiger partial charge in [0.15, 0.2) is 17.7 Å². The van der Waals surface area contributed by atoms with Crippen LogP contribution in [0.3, 0.4) is 0 Å². The Morgan fingerprint density at radius 2 is 2.06 bits per heavy atom. The SMILES string of the molecule is COc1ccc(C(=O)O[C@H](C)C(N)=O)cc1F. The van der Waals surface area contributed by atoms with Crippen molar-refractivity contribution in [1.82, 2.24) is 0 Å². The number of hydrogen-bond acceptors (Lipinski definition) is 4. The summed E-state index contributed by atoms with van der Waals surface area (Å²) in [4.78, 5) is 22.2. The number of hydrogen-bond donors (Lipinski definition) is 1. The number of rotatable bonds is 4. The Balaban J connectivity index is 2.83. The van der Waals surface area contributed by atoms with Crippen LogP contribution >= 0.6 is 0 Å². The van der Waals surface area contributed by atoms with Gasteiger partial charge in [0.1, 0.15) is 0 Å². The molecule has 0 spiro atoms. The van der Waals surface area contributed by atoms with Crippen LogP contribution in [0, 0.1) is 5.82 Å². The number of esters is 1. The topological polar surface area (TPSA) is 78.6 Å². The standard InChI is InChI=1S/C11H12FNO4/c1-6(10(13)14)17-11(15)7-3-4-9(16-2)8(12)5-7/h3-6H,1-2H3,(H2,13,14)/t6-/m1/s1. The molecule has 0 radical (unpaired) electrons. The van der Waals surface area contributed by atoms with E-state index >= 15 is 0 Å². The molecule has 0 saturated heterocycles. The minimum Gasteiger partial charge on any atom is -0.494 e. The molecule has 0 aliphatic carbocycles. The maximum absolute atomic E-state index is 13.3. The van der Waals surface area contributed by atoms with Gasteiger partial charge in [-0.05, 0) is 25.1 Å². The van der Waals surface area contributed by atoms with Crippen molar-refractivity contribution < 1.29 is 23.5 Å². The smallest absolute Gasteiger partial charge is 0.339 e. The third kappa shape index (κ3) is 3.17. The summed E-state index contributed by atoms with van der Waals surface area (Å²) >= 11 is 0. The largest absolute Gasteiger partial charge is 0.494 e. The van der Waals surface area contributed by atoms with Crippen molar-refractivity contribution in [2.24, 2.45) is 5.73 Å². The van der Waals surface area contributed by atoms with E-state index in [1.807, 2.05) is 0 Å². The molecule has 2 N–H and O–H groups in total. The number of methoxy groups -OCH3 is 1. The Kier molecular flexibility index (Phi) is 4.03. The Bertz CT molecular complexity index is 447. The zero-order valence-electron chi connectivity index (χ0n) is 9.40. The van der Waals surface area contributed by atoms with Crippen molar-refractivity contribution in [3.05, 3.63) is 29.6 Å². The van der Waals surface area contributed by atoms with Crippen molar-refractivity contribution in [2.45, 2.75) is 13.0 Å². The number of benzene rings is 1. The average Bonchev–Trinajstić information content (AvgIpc) is 2.28. The Labute approximate surface area is 97.3 Å². The van der Waals surface area contributed by atoms with Crippen LogP contribution in [-0.2, 0) is 9.53 Å². The molecule has 1 atom stereocenters.